The predicted octanol–water partition coefficient (Wildman–Crippen LogP) is 3.68. The first-order chi connectivity index (χ1) is 15.2. The van der Waals surface area contributed by atoms with Gasteiger partial charge in [-0.15, -0.1) is 0 Å². The molecule has 7 nitrogen and oxygen atoms in total. The number of rotatable bonds is 3. The van der Waals surface area contributed by atoms with Crippen molar-refractivity contribution in [3.63, 3.8) is 0 Å². The normalized spacial score (nSPS) is 13.9. The summed E-state index contributed by atoms with van der Waals surface area (Å²) >= 11 is 0. The summed E-state index contributed by atoms with van der Waals surface area (Å²) in [6.45, 7) is 4.60. The fraction of sp³-hybridized carbons (Fsp3) is 0.286. The molecule has 1 fully saturated rings. The van der Waals surface area contributed by atoms with Gasteiger partial charge in [-0.05, 0) is 36.8 Å². The highest BCUT2D eigenvalue weighted by Crippen LogP contribution is 2.29. The monoisotopic (exact) mass is 449 g/mol. The molecule has 3 aromatic rings. The molecule has 1 aliphatic heterocycles. The molecule has 4 rings (SSSR count). The number of hydrogen-bond acceptors (Lipinski definition) is 6. The lowest BCUT2D eigenvalue weighted by Gasteiger charge is -2.36. The minimum atomic E-state index is -4.46. The van der Waals surface area contributed by atoms with E-state index in [9.17, 15) is 17.6 Å². The molecule has 11 heteroatoms. The van der Waals surface area contributed by atoms with Crippen LogP contribution in [0.15, 0.2) is 42.7 Å². The van der Waals surface area contributed by atoms with Gasteiger partial charge in [0.1, 0.15) is 23.2 Å². The summed E-state index contributed by atoms with van der Waals surface area (Å²) in [5, 5.41) is 0. The summed E-state index contributed by atoms with van der Waals surface area (Å²) in [5.74, 6) is 0.655. The van der Waals surface area contributed by atoms with Crippen LogP contribution in [-0.4, -0.2) is 47.3 Å². The fourth-order valence-electron chi connectivity index (χ4n) is 3.30. The second kappa shape index (κ2) is 9.61. The molecule has 2 aromatic heterocycles. The smallest absolute Gasteiger partial charge is 0.368 e. The molecule has 0 bridgehead atoms. The van der Waals surface area contributed by atoms with E-state index in [2.05, 4.69) is 24.8 Å². The van der Waals surface area contributed by atoms with E-state index in [1.54, 1.807) is 31.2 Å². The van der Waals surface area contributed by atoms with E-state index in [0.717, 1.165) is 30.8 Å². The number of hydrogen-bond donors (Lipinski definition) is 1. The average molecular weight is 449 g/mol. The van der Waals surface area contributed by atoms with Gasteiger partial charge in [-0.2, -0.15) is 22.8 Å². The molecule has 3 heterocycles. The lowest BCUT2D eigenvalue weighted by molar-refractivity contribution is -0.191. The highest BCUT2D eigenvalue weighted by molar-refractivity contribution is 5.57. The van der Waals surface area contributed by atoms with E-state index in [1.807, 2.05) is 6.07 Å². The van der Waals surface area contributed by atoms with Crippen LogP contribution in [-0.2, 0) is 15.8 Å². The highest BCUT2D eigenvalue weighted by Gasteiger charge is 2.33. The molecule has 1 aromatic carbocycles. The Bertz CT molecular complexity index is 1080. The average Bonchev–Trinajstić information content (AvgIpc) is 3.28. The van der Waals surface area contributed by atoms with Crippen LogP contribution in [0.2, 0.25) is 0 Å². The molecule has 0 aliphatic carbocycles. The summed E-state index contributed by atoms with van der Waals surface area (Å²) in [7, 11) is 0. The maximum absolute atomic E-state index is 13.8. The van der Waals surface area contributed by atoms with Crippen LogP contribution in [0.1, 0.15) is 11.3 Å². The Balaban J connectivity index is 0.000000913. The zero-order valence-electron chi connectivity index (χ0n) is 17.0. The Kier molecular flexibility index (Phi) is 6.89. The van der Waals surface area contributed by atoms with Crippen molar-refractivity contribution in [2.45, 2.75) is 13.1 Å². The van der Waals surface area contributed by atoms with E-state index in [1.165, 1.54) is 6.20 Å². The third-order valence-electron chi connectivity index (χ3n) is 5.03. The van der Waals surface area contributed by atoms with Gasteiger partial charge in [0.05, 0.1) is 6.20 Å². The number of halogens is 4. The largest absolute Gasteiger partial charge is 0.432 e. The number of carbonyl (C=O) groups excluding carboxylic acids is 2. The van der Waals surface area contributed by atoms with Crippen molar-refractivity contribution >= 4 is 17.7 Å². The van der Waals surface area contributed by atoms with E-state index in [-0.39, 0.29) is 17.8 Å². The zero-order valence-corrected chi connectivity index (χ0v) is 17.0. The molecule has 168 valence electrons. The quantitative estimate of drug-likeness (QED) is 0.615. The van der Waals surface area contributed by atoms with Crippen LogP contribution >= 0.6 is 0 Å². The number of H-pyrrole nitrogens is 1. The Morgan fingerprint density at radius 3 is 2.16 bits per heavy atom. The van der Waals surface area contributed by atoms with Gasteiger partial charge in [-0.1, -0.05) is 6.07 Å². The summed E-state index contributed by atoms with van der Waals surface area (Å²) in [6, 6.07) is 8.71. The first-order valence-electron chi connectivity index (χ1n) is 9.57. The third kappa shape index (κ3) is 5.30. The molecule has 0 atom stereocenters. The fourth-order valence-corrected chi connectivity index (χ4v) is 3.30. The number of aromatic amines is 1. The van der Waals surface area contributed by atoms with E-state index >= 15 is 0 Å². The lowest BCUT2D eigenvalue weighted by Crippen LogP contribution is -2.46. The number of imidazole rings is 1. The van der Waals surface area contributed by atoms with E-state index < -0.39 is 11.9 Å². The van der Waals surface area contributed by atoms with Gasteiger partial charge in [0.25, 0.3) is 0 Å². The van der Waals surface area contributed by atoms with Crippen molar-refractivity contribution in [3.05, 3.63) is 59.8 Å². The molecule has 0 unspecified atom stereocenters. The van der Waals surface area contributed by atoms with Gasteiger partial charge in [-0.25, -0.2) is 14.4 Å². The van der Waals surface area contributed by atoms with Crippen LogP contribution in [0.5, 0.6) is 0 Å². The van der Waals surface area contributed by atoms with Crippen LogP contribution in [0.25, 0.3) is 11.4 Å². The van der Waals surface area contributed by atoms with Gasteiger partial charge in [0, 0.05) is 43.6 Å². The summed E-state index contributed by atoms with van der Waals surface area (Å²) in [5.41, 5.74) is 1.07. The van der Waals surface area contributed by atoms with Gasteiger partial charge in [0.15, 0.2) is 0 Å². The van der Waals surface area contributed by atoms with Crippen molar-refractivity contribution < 1.29 is 27.2 Å². The topological polar surface area (TPSA) is 82.2 Å². The number of pyridine rings is 1. The van der Waals surface area contributed by atoms with Crippen LogP contribution in [0.4, 0.5) is 29.1 Å². The van der Waals surface area contributed by atoms with Gasteiger partial charge >= 0.3 is 12.3 Å². The Hall–Kier alpha value is -3.72. The first kappa shape index (κ1) is 23.0. The number of aryl methyl sites for hydroxylation is 1. The van der Waals surface area contributed by atoms with Crippen molar-refractivity contribution in [2.75, 3.05) is 36.0 Å². The van der Waals surface area contributed by atoms with Crippen molar-refractivity contribution in [3.8, 4) is 11.4 Å². The zero-order chi connectivity index (χ0) is 23.3. The minimum absolute atomic E-state index is 0.127. The summed E-state index contributed by atoms with van der Waals surface area (Å²) in [4.78, 5) is 30.9. The Labute approximate surface area is 180 Å². The number of anilines is 2. The molecule has 0 saturated carbocycles. The number of alkyl halides is 3. The molecule has 0 radical (unpaired) electrons. The molecule has 0 spiro atoms. The molecule has 1 N–H and O–H groups in total. The molecular formula is C21H19F4N5O2. The molecule has 0 amide bonds. The van der Waals surface area contributed by atoms with Crippen molar-refractivity contribution in [1.82, 2.24) is 15.0 Å². The van der Waals surface area contributed by atoms with Gasteiger partial charge in [0.2, 0.25) is 0 Å². The number of nitrogens with zero attached hydrogens (tertiary/aromatic N) is 4. The number of piperazine rings is 1. The van der Waals surface area contributed by atoms with Gasteiger partial charge < -0.3 is 14.8 Å². The van der Waals surface area contributed by atoms with Crippen LogP contribution in [0, 0.1) is 12.7 Å². The van der Waals surface area contributed by atoms with E-state index in [4.69, 9.17) is 9.59 Å². The predicted molar refractivity (Wildman–Crippen MR) is 107 cm³/mol. The maximum atomic E-state index is 13.8. The molecule has 1 saturated heterocycles. The third-order valence-corrected chi connectivity index (χ3v) is 5.03. The molecule has 32 heavy (non-hydrogen) atoms. The molecule has 1 aliphatic rings. The number of aromatic nitrogens is 3. The Morgan fingerprint density at radius 2 is 1.62 bits per heavy atom. The van der Waals surface area contributed by atoms with E-state index in [0.29, 0.717) is 24.2 Å². The Morgan fingerprint density at radius 1 is 0.969 bits per heavy atom. The maximum Gasteiger partial charge on any atom is 0.432 e. The lowest BCUT2D eigenvalue weighted by atomic mass is 10.2. The highest BCUT2D eigenvalue weighted by atomic mass is 19.4. The molecular weight excluding hydrogens is 430 g/mol. The standard InChI is InChI=1S/C20H19F4N5.CO2/c1-13-2-4-15(10-16(13)21)28-6-8-29(9-7-28)18-5-3-14(11-25-18)19-26-12-17(27-19)20(22,23)24;2-1-3/h2-5,10-12H,6-9H2,1H3,(H,26,27);. The summed E-state index contributed by atoms with van der Waals surface area (Å²) in [6.07, 6.45) is -1.93. The second-order valence-electron chi connectivity index (χ2n) is 7.04. The number of benzene rings is 1. The minimum Gasteiger partial charge on any atom is -0.368 e. The summed E-state index contributed by atoms with van der Waals surface area (Å²) < 4.78 is 51.9. The first-order valence-corrected chi connectivity index (χ1v) is 9.57. The van der Waals surface area contributed by atoms with Crippen molar-refractivity contribution in [2.24, 2.45) is 0 Å². The van der Waals surface area contributed by atoms with Crippen LogP contribution < -0.4 is 9.80 Å². The van der Waals surface area contributed by atoms with Crippen molar-refractivity contribution in [1.29, 1.82) is 0 Å². The van der Waals surface area contributed by atoms with Gasteiger partial charge in [-0.3, -0.25) is 0 Å². The second-order valence-corrected chi connectivity index (χ2v) is 7.04. The van der Waals surface area contributed by atoms with Crippen LogP contribution in [0.3, 0.4) is 0 Å². The number of nitrogens with one attached hydrogen (secondary N) is 1. The SMILES string of the molecule is Cc1ccc(N2CCN(c3ccc(-c4ncc(C(F)(F)F)[nH]4)cn3)CC2)cc1F.O=C=O.